The maximum absolute atomic E-state index is 11.0. The third-order valence-electron chi connectivity index (χ3n) is 3.78. The summed E-state index contributed by atoms with van der Waals surface area (Å²) < 4.78 is 0. The van der Waals surface area contributed by atoms with E-state index in [9.17, 15) is 10.1 Å². The maximum atomic E-state index is 11.0. The molecule has 0 radical (unpaired) electrons. The van der Waals surface area contributed by atoms with Crippen LogP contribution in [0.15, 0.2) is 12.1 Å². The zero-order chi connectivity index (χ0) is 14.7. The Morgan fingerprint density at radius 2 is 2.05 bits per heavy atom. The van der Waals surface area contributed by atoms with Crippen molar-refractivity contribution in [3.63, 3.8) is 0 Å². The van der Waals surface area contributed by atoms with Gasteiger partial charge in [-0.05, 0) is 26.9 Å². The molecule has 0 aliphatic carbocycles. The zero-order valence-corrected chi connectivity index (χ0v) is 12.2. The summed E-state index contributed by atoms with van der Waals surface area (Å²) in [6.07, 6.45) is 2.10. The first-order valence-electron chi connectivity index (χ1n) is 6.77. The molecule has 20 heavy (non-hydrogen) atoms. The second-order valence-electron chi connectivity index (χ2n) is 5.26. The van der Waals surface area contributed by atoms with Gasteiger partial charge in [0.2, 0.25) is 0 Å². The van der Waals surface area contributed by atoms with E-state index in [1.54, 1.807) is 13.1 Å². The summed E-state index contributed by atoms with van der Waals surface area (Å²) >= 11 is 0. The fourth-order valence-electron chi connectivity index (χ4n) is 2.51. The second kappa shape index (κ2) is 6.04. The maximum Gasteiger partial charge on any atom is 0.276 e. The highest BCUT2D eigenvalue weighted by Gasteiger charge is 2.23. The number of nitrogens with zero attached hydrogens (tertiary/aromatic N) is 4. The summed E-state index contributed by atoms with van der Waals surface area (Å²) in [6.45, 7) is 1.75. The minimum absolute atomic E-state index is 0.0779. The molecule has 7 heteroatoms. The van der Waals surface area contributed by atoms with Crippen LogP contribution < -0.4 is 10.2 Å². The van der Waals surface area contributed by atoms with Crippen molar-refractivity contribution in [3.05, 3.63) is 22.2 Å². The summed E-state index contributed by atoms with van der Waals surface area (Å²) in [5.74, 6) is 1.21. The number of nitro groups is 1. The Morgan fingerprint density at radius 3 is 2.55 bits per heavy atom. The lowest BCUT2D eigenvalue weighted by Crippen LogP contribution is -2.42. The summed E-state index contributed by atoms with van der Waals surface area (Å²) in [5.41, 5.74) is 0.0779. The number of hydrogen-bond donors (Lipinski definition) is 1. The van der Waals surface area contributed by atoms with Crippen molar-refractivity contribution >= 4 is 17.3 Å². The molecule has 1 aliphatic rings. The number of piperidine rings is 1. The van der Waals surface area contributed by atoms with Gasteiger partial charge >= 0.3 is 0 Å². The molecule has 2 heterocycles. The smallest absolute Gasteiger partial charge is 0.276 e. The minimum Gasteiger partial charge on any atom is -0.373 e. The van der Waals surface area contributed by atoms with Crippen LogP contribution in [-0.4, -0.2) is 55.1 Å². The molecule has 0 saturated carbocycles. The molecule has 110 valence electrons. The van der Waals surface area contributed by atoms with Gasteiger partial charge in [0.05, 0.1) is 17.1 Å². The fraction of sp³-hybridized carbons (Fsp3) is 0.615. The van der Waals surface area contributed by atoms with Gasteiger partial charge in [0.25, 0.3) is 5.69 Å². The molecule has 7 nitrogen and oxygen atoms in total. The third-order valence-corrected chi connectivity index (χ3v) is 3.78. The molecule has 2 rings (SSSR count). The van der Waals surface area contributed by atoms with E-state index in [0.29, 0.717) is 17.7 Å². The lowest BCUT2D eigenvalue weighted by atomic mass is 10.0. The Bertz CT molecular complexity index is 484. The topological polar surface area (TPSA) is 74.5 Å². The van der Waals surface area contributed by atoms with Crippen LogP contribution in [0.2, 0.25) is 0 Å². The van der Waals surface area contributed by atoms with Crippen LogP contribution in [0.4, 0.5) is 17.3 Å². The predicted molar refractivity (Wildman–Crippen MR) is 79.4 cm³/mol. The first-order chi connectivity index (χ1) is 9.51. The summed E-state index contributed by atoms with van der Waals surface area (Å²) in [7, 11) is 5.89. The molecule has 1 N–H and O–H groups in total. The van der Waals surface area contributed by atoms with Gasteiger partial charge in [0, 0.05) is 26.2 Å². The van der Waals surface area contributed by atoms with Crippen molar-refractivity contribution in [2.24, 2.45) is 0 Å². The first-order valence-corrected chi connectivity index (χ1v) is 6.77. The monoisotopic (exact) mass is 279 g/mol. The average molecular weight is 279 g/mol. The van der Waals surface area contributed by atoms with Gasteiger partial charge in [-0.2, -0.15) is 0 Å². The number of anilines is 2. The molecule has 0 amide bonds. The number of rotatable bonds is 4. The van der Waals surface area contributed by atoms with E-state index in [1.807, 2.05) is 0 Å². The van der Waals surface area contributed by atoms with Gasteiger partial charge in [-0.1, -0.05) is 0 Å². The molecule has 0 unspecified atom stereocenters. The van der Waals surface area contributed by atoms with Gasteiger partial charge in [-0.25, -0.2) is 4.98 Å². The summed E-state index contributed by atoms with van der Waals surface area (Å²) in [4.78, 5) is 19.4. The van der Waals surface area contributed by atoms with Gasteiger partial charge in [0.15, 0.2) is 0 Å². The Morgan fingerprint density at radius 1 is 1.40 bits per heavy atom. The van der Waals surface area contributed by atoms with Gasteiger partial charge in [0.1, 0.15) is 11.6 Å². The predicted octanol–water partition coefficient (Wildman–Crippen LogP) is 1.56. The van der Waals surface area contributed by atoms with E-state index in [1.165, 1.54) is 6.07 Å². The molecule has 1 aliphatic heterocycles. The van der Waals surface area contributed by atoms with Crippen LogP contribution in [0.3, 0.4) is 0 Å². The molecule has 1 aromatic heterocycles. The van der Waals surface area contributed by atoms with Crippen molar-refractivity contribution in [1.82, 2.24) is 9.88 Å². The van der Waals surface area contributed by atoms with Crippen molar-refractivity contribution in [1.29, 1.82) is 0 Å². The molecular formula is C13H21N5O2. The zero-order valence-electron chi connectivity index (χ0n) is 12.2. The highest BCUT2D eigenvalue weighted by Crippen LogP contribution is 2.26. The second-order valence-corrected chi connectivity index (χ2v) is 5.26. The van der Waals surface area contributed by atoms with Crippen LogP contribution in [0.25, 0.3) is 0 Å². The lowest BCUT2D eigenvalue weighted by Gasteiger charge is -2.35. The SMILES string of the molecule is CNc1cc([N+](=O)[O-])cc(N2CCC(N(C)C)CC2)n1. The first kappa shape index (κ1) is 14.5. The van der Waals surface area contributed by atoms with Crippen LogP contribution in [0.1, 0.15) is 12.8 Å². The van der Waals surface area contributed by atoms with E-state index < -0.39 is 0 Å². The van der Waals surface area contributed by atoms with E-state index in [2.05, 4.69) is 34.2 Å². The minimum atomic E-state index is -0.376. The van der Waals surface area contributed by atoms with Crippen molar-refractivity contribution in [2.75, 3.05) is 44.4 Å². The van der Waals surface area contributed by atoms with Crippen LogP contribution in [-0.2, 0) is 0 Å². The van der Waals surface area contributed by atoms with Crippen molar-refractivity contribution < 1.29 is 4.92 Å². The summed E-state index contributed by atoms with van der Waals surface area (Å²) in [6, 6.07) is 3.58. The largest absolute Gasteiger partial charge is 0.373 e. The quantitative estimate of drug-likeness (QED) is 0.666. The molecular weight excluding hydrogens is 258 g/mol. The molecule has 0 aromatic carbocycles. The normalized spacial score (nSPS) is 16.5. The highest BCUT2D eigenvalue weighted by molar-refractivity contribution is 5.55. The fourth-order valence-corrected chi connectivity index (χ4v) is 2.51. The highest BCUT2D eigenvalue weighted by atomic mass is 16.6. The molecule has 1 aromatic rings. The number of pyridine rings is 1. The van der Waals surface area contributed by atoms with E-state index in [-0.39, 0.29) is 10.6 Å². The Labute approximate surface area is 118 Å². The van der Waals surface area contributed by atoms with E-state index in [4.69, 9.17) is 0 Å². The van der Waals surface area contributed by atoms with Crippen LogP contribution >= 0.6 is 0 Å². The Hall–Kier alpha value is -1.89. The van der Waals surface area contributed by atoms with Gasteiger partial charge in [-0.15, -0.1) is 0 Å². The average Bonchev–Trinajstić information content (AvgIpc) is 2.46. The van der Waals surface area contributed by atoms with Crippen molar-refractivity contribution in [2.45, 2.75) is 18.9 Å². The number of hydrogen-bond acceptors (Lipinski definition) is 6. The van der Waals surface area contributed by atoms with E-state index in [0.717, 1.165) is 25.9 Å². The van der Waals surface area contributed by atoms with Crippen molar-refractivity contribution in [3.8, 4) is 0 Å². The van der Waals surface area contributed by atoms with Gasteiger partial charge in [-0.3, -0.25) is 10.1 Å². The molecule has 0 bridgehead atoms. The molecule has 0 spiro atoms. The molecule has 0 atom stereocenters. The van der Waals surface area contributed by atoms with Crippen LogP contribution in [0.5, 0.6) is 0 Å². The van der Waals surface area contributed by atoms with Gasteiger partial charge < -0.3 is 15.1 Å². The number of aromatic nitrogens is 1. The molecule has 1 fully saturated rings. The lowest BCUT2D eigenvalue weighted by molar-refractivity contribution is -0.384. The molecule has 1 saturated heterocycles. The number of nitrogens with one attached hydrogen (secondary N) is 1. The van der Waals surface area contributed by atoms with Crippen LogP contribution in [0, 0.1) is 10.1 Å². The summed E-state index contributed by atoms with van der Waals surface area (Å²) in [5, 5.41) is 13.8. The Balaban J connectivity index is 2.17. The van der Waals surface area contributed by atoms with E-state index >= 15 is 0 Å². The standard InChI is InChI=1S/C13H21N5O2/c1-14-12-8-11(18(19)20)9-13(15-12)17-6-4-10(5-7-17)16(2)3/h8-10H,4-7H2,1-3H3,(H,14,15). The third kappa shape index (κ3) is 3.16. The Kier molecular flexibility index (Phi) is 4.39.